The molecule has 0 radical (unpaired) electrons. The number of anilines is 1. The lowest BCUT2D eigenvalue weighted by Crippen LogP contribution is -2.33. The van der Waals surface area contributed by atoms with Crippen molar-refractivity contribution in [2.24, 2.45) is 0 Å². The molecule has 0 fully saturated rings. The number of aromatic nitrogens is 2. The van der Waals surface area contributed by atoms with Gasteiger partial charge in [0.2, 0.25) is 11.8 Å². The van der Waals surface area contributed by atoms with Crippen LogP contribution < -0.4 is 5.32 Å². The molecule has 0 aliphatic carbocycles. The summed E-state index contributed by atoms with van der Waals surface area (Å²) < 4.78 is 0. The summed E-state index contributed by atoms with van der Waals surface area (Å²) >= 11 is 0. The van der Waals surface area contributed by atoms with Gasteiger partial charge in [0.05, 0.1) is 6.20 Å². The smallest absolute Gasteiger partial charge is 0.226 e. The summed E-state index contributed by atoms with van der Waals surface area (Å²) in [5.74, 6) is 0.422. The zero-order valence-corrected chi connectivity index (χ0v) is 11.6. The van der Waals surface area contributed by atoms with Gasteiger partial charge >= 0.3 is 0 Å². The van der Waals surface area contributed by atoms with Gasteiger partial charge < -0.3 is 10.2 Å². The van der Waals surface area contributed by atoms with Crippen LogP contribution in [0.2, 0.25) is 0 Å². The van der Waals surface area contributed by atoms with Gasteiger partial charge in [0.1, 0.15) is 5.82 Å². The number of nitrogens with one attached hydrogen (secondary N) is 2. The molecule has 0 saturated carbocycles. The predicted molar refractivity (Wildman–Crippen MR) is 73.6 cm³/mol. The Morgan fingerprint density at radius 3 is 2.47 bits per heavy atom. The van der Waals surface area contributed by atoms with Gasteiger partial charge in [0.25, 0.3) is 0 Å². The van der Waals surface area contributed by atoms with E-state index < -0.39 is 0 Å². The molecule has 0 aliphatic heterocycles. The highest BCUT2D eigenvalue weighted by Crippen LogP contribution is 2.04. The van der Waals surface area contributed by atoms with Crippen molar-refractivity contribution < 1.29 is 9.59 Å². The van der Waals surface area contributed by atoms with Gasteiger partial charge in [-0.05, 0) is 12.8 Å². The van der Waals surface area contributed by atoms with Gasteiger partial charge in [-0.1, -0.05) is 13.8 Å². The van der Waals surface area contributed by atoms with E-state index in [1.54, 1.807) is 12.3 Å². The summed E-state index contributed by atoms with van der Waals surface area (Å²) in [5, 5.41) is 9.03. The Morgan fingerprint density at radius 2 is 1.95 bits per heavy atom. The highest BCUT2D eigenvalue weighted by Gasteiger charge is 2.13. The molecule has 1 aromatic heterocycles. The summed E-state index contributed by atoms with van der Waals surface area (Å²) in [6.45, 7) is 5.60. The van der Waals surface area contributed by atoms with Crippen molar-refractivity contribution in [3.63, 3.8) is 0 Å². The van der Waals surface area contributed by atoms with Crippen molar-refractivity contribution in [3.8, 4) is 0 Å². The van der Waals surface area contributed by atoms with Crippen LogP contribution in [0.5, 0.6) is 0 Å². The fourth-order valence-electron chi connectivity index (χ4n) is 1.82. The summed E-state index contributed by atoms with van der Waals surface area (Å²) in [4.78, 5) is 25.4. The van der Waals surface area contributed by atoms with E-state index in [1.807, 2.05) is 18.7 Å². The van der Waals surface area contributed by atoms with E-state index in [-0.39, 0.29) is 24.7 Å². The fourth-order valence-corrected chi connectivity index (χ4v) is 1.82. The quantitative estimate of drug-likeness (QED) is 0.752. The van der Waals surface area contributed by atoms with Gasteiger partial charge in [-0.15, -0.1) is 0 Å². The maximum Gasteiger partial charge on any atom is 0.226 e. The first-order valence-electron chi connectivity index (χ1n) is 6.74. The van der Waals surface area contributed by atoms with Gasteiger partial charge in [-0.2, -0.15) is 5.10 Å². The number of nitrogens with zero attached hydrogens (tertiary/aromatic N) is 2. The lowest BCUT2D eigenvalue weighted by Gasteiger charge is -2.21. The third kappa shape index (κ3) is 5.54. The van der Waals surface area contributed by atoms with E-state index in [2.05, 4.69) is 15.5 Å². The molecular formula is C13H22N4O2. The van der Waals surface area contributed by atoms with Crippen LogP contribution in [0.4, 0.5) is 5.82 Å². The minimum absolute atomic E-state index is 0.0449. The lowest BCUT2D eigenvalue weighted by molar-refractivity contribution is -0.133. The highest BCUT2D eigenvalue weighted by atomic mass is 16.2. The number of amides is 2. The van der Waals surface area contributed by atoms with Crippen molar-refractivity contribution in [3.05, 3.63) is 12.3 Å². The summed E-state index contributed by atoms with van der Waals surface area (Å²) in [7, 11) is 0. The second kappa shape index (κ2) is 8.29. The number of aromatic amines is 1. The van der Waals surface area contributed by atoms with Gasteiger partial charge in [0.15, 0.2) is 0 Å². The van der Waals surface area contributed by atoms with Crippen molar-refractivity contribution in [1.29, 1.82) is 0 Å². The Kier molecular flexibility index (Phi) is 6.63. The Morgan fingerprint density at radius 1 is 1.26 bits per heavy atom. The minimum Gasteiger partial charge on any atom is -0.343 e. The molecule has 6 heteroatoms. The molecule has 19 heavy (non-hydrogen) atoms. The molecule has 0 aromatic carbocycles. The largest absolute Gasteiger partial charge is 0.343 e. The summed E-state index contributed by atoms with van der Waals surface area (Å²) in [6, 6.07) is 1.67. The normalized spacial score (nSPS) is 10.2. The Hall–Kier alpha value is -1.85. The molecule has 0 atom stereocenters. The van der Waals surface area contributed by atoms with E-state index >= 15 is 0 Å². The molecule has 1 aromatic rings. The van der Waals surface area contributed by atoms with Crippen molar-refractivity contribution in [2.75, 3.05) is 18.4 Å². The molecule has 2 amide bonds. The van der Waals surface area contributed by atoms with Crippen LogP contribution in [-0.2, 0) is 9.59 Å². The van der Waals surface area contributed by atoms with Crippen LogP contribution in [0.15, 0.2) is 12.3 Å². The molecular weight excluding hydrogens is 244 g/mol. The topological polar surface area (TPSA) is 78.1 Å². The highest BCUT2D eigenvalue weighted by molar-refractivity contribution is 5.92. The number of carbonyl (C=O) groups is 2. The second-order valence-corrected chi connectivity index (χ2v) is 4.40. The van der Waals surface area contributed by atoms with E-state index in [9.17, 15) is 9.59 Å². The van der Waals surface area contributed by atoms with Crippen molar-refractivity contribution in [1.82, 2.24) is 15.1 Å². The molecule has 0 saturated heterocycles. The molecule has 2 N–H and O–H groups in total. The first-order valence-corrected chi connectivity index (χ1v) is 6.74. The molecule has 1 heterocycles. The van der Waals surface area contributed by atoms with Crippen LogP contribution >= 0.6 is 0 Å². The van der Waals surface area contributed by atoms with Crippen LogP contribution in [0, 0.1) is 0 Å². The van der Waals surface area contributed by atoms with Gasteiger partial charge in [0, 0.05) is 32.0 Å². The third-order valence-electron chi connectivity index (χ3n) is 2.68. The maximum absolute atomic E-state index is 12.0. The number of hydrogen-bond donors (Lipinski definition) is 2. The summed E-state index contributed by atoms with van der Waals surface area (Å²) in [5.41, 5.74) is 0. The van der Waals surface area contributed by atoms with Crippen LogP contribution in [-0.4, -0.2) is 40.0 Å². The average molecular weight is 266 g/mol. The average Bonchev–Trinajstić information content (AvgIpc) is 2.88. The zero-order chi connectivity index (χ0) is 14.1. The first kappa shape index (κ1) is 15.2. The Balaban J connectivity index is 2.33. The predicted octanol–water partition coefficient (Wildman–Crippen LogP) is 1.78. The standard InChI is InChI=1S/C13H22N4O2/c1-3-9-17(10-4-2)13(19)6-5-12(18)15-11-7-8-14-16-11/h7-8H,3-6,9-10H2,1-2H3,(H2,14,15,16,18). The van der Waals surface area contributed by atoms with Crippen LogP contribution in [0.3, 0.4) is 0 Å². The molecule has 0 bridgehead atoms. The van der Waals surface area contributed by atoms with Crippen molar-refractivity contribution >= 4 is 17.6 Å². The molecule has 1 rings (SSSR count). The fraction of sp³-hybridized carbons (Fsp3) is 0.615. The van der Waals surface area contributed by atoms with Gasteiger partial charge in [-0.3, -0.25) is 14.7 Å². The summed E-state index contributed by atoms with van der Waals surface area (Å²) in [6.07, 6.45) is 3.88. The number of carbonyl (C=O) groups excluding carboxylic acids is 2. The lowest BCUT2D eigenvalue weighted by atomic mass is 10.2. The van der Waals surface area contributed by atoms with E-state index in [0.29, 0.717) is 5.82 Å². The molecule has 6 nitrogen and oxygen atoms in total. The van der Waals surface area contributed by atoms with E-state index in [4.69, 9.17) is 0 Å². The van der Waals surface area contributed by atoms with E-state index in [0.717, 1.165) is 25.9 Å². The molecule has 0 aliphatic rings. The first-order chi connectivity index (χ1) is 9.17. The Bertz CT molecular complexity index is 383. The zero-order valence-electron chi connectivity index (χ0n) is 11.6. The Labute approximate surface area is 113 Å². The SMILES string of the molecule is CCCN(CCC)C(=O)CCC(=O)Nc1ccn[nH]1. The molecule has 0 unspecified atom stereocenters. The second-order valence-electron chi connectivity index (χ2n) is 4.40. The number of H-pyrrole nitrogens is 1. The number of rotatable bonds is 8. The monoisotopic (exact) mass is 266 g/mol. The van der Waals surface area contributed by atoms with Crippen LogP contribution in [0.1, 0.15) is 39.5 Å². The third-order valence-corrected chi connectivity index (χ3v) is 2.68. The minimum atomic E-state index is -0.175. The van der Waals surface area contributed by atoms with Crippen LogP contribution in [0.25, 0.3) is 0 Å². The number of hydrogen-bond acceptors (Lipinski definition) is 3. The van der Waals surface area contributed by atoms with Crippen molar-refractivity contribution in [2.45, 2.75) is 39.5 Å². The molecule has 106 valence electrons. The maximum atomic E-state index is 12.0. The van der Waals surface area contributed by atoms with E-state index in [1.165, 1.54) is 0 Å². The molecule has 0 spiro atoms. The van der Waals surface area contributed by atoms with Gasteiger partial charge in [-0.25, -0.2) is 0 Å².